The number of nitrogens with zero attached hydrogens (tertiary/aromatic N) is 1. The summed E-state index contributed by atoms with van der Waals surface area (Å²) in [6.07, 6.45) is 0. The Morgan fingerprint density at radius 3 is 2.13 bits per heavy atom. The quantitative estimate of drug-likeness (QED) is 0.619. The molecule has 82 valence electrons. The van der Waals surface area contributed by atoms with Crippen molar-refractivity contribution in [2.45, 2.75) is 6.05 Å². The first kappa shape index (κ1) is 11.6. The zero-order valence-corrected chi connectivity index (χ0v) is 8.45. The average Bonchev–Trinajstić information content (AvgIpc) is 2.18. The molecule has 0 aliphatic rings. The summed E-state index contributed by atoms with van der Waals surface area (Å²) in [5.41, 5.74) is 0.241. The molecule has 1 N–H and O–H groups in total. The van der Waals surface area contributed by atoms with E-state index in [1.165, 1.54) is 12.1 Å². The number of quaternary nitrogens is 1. The van der Waals surface area contributed by atoms with Gasteiger partial charge in [0.05, 0.1) is 14.1 Å². The highest BCUT2D eigenvalue weighted by Crippen LogP contribution is 2.31. The van der Waals surface area contributed by atoms with Gasteiger partial charge in [-0.25, -0.2) is 9.28 Å². The average molecular weight is 216 g/mol. The molecular weight excluding hydrogens is 204 g/mol. The van der Waals surface area contributed by atoms with E-state index >= 15 is 0 Å². The summed E-state index contributed by atoms with van der Waals surface area (Å²) in [7, 11) is 2.31. The van der Waals surface area contributed by atoms with Crippen molar-refractivity contribution in [1.82, 2.24) is 4.48 Å². The smallest absolute Gasteiger partial charge is 0.472 e. The highest BCUT2D eigenvalue weighted by atomic mass is 19.3. The van der Waals surface area contributed by atoms with Gasteiger partial charge in [-0.15, -0.1) is 8.78 Å². The monoisotopic (exact) mass is 216 g/mol. The summed E-state index contributed by atoms with van der Waals surface area (Å²) < 4.78 is 25.8. The molecule has 0 radical (unpaired) electrons. The van der Waals surface area contributed by atoms with Crippen molar-refractivity contribution in [2.24, 2.45) is 0 Å². The second-order valence-corrected chi connectivity index (χ2v) is 3.64. The molecule has 1 rings (SSSR count). The van der Waals surface area contributed by atoms with Crippen LogP contribution in [0.1, 0.15) is 0 Å². The summed E-state index contributed by atoms with van der Waals surface area (Å²) in [6, 6.07) is 3.96. The first-order valence-electron chi connectivity index (χ1n) is 4.31. The number of alkyl halides is 2. The number of hydrogen-bond acceptors (Lipinski definition) is 1. The van der Waals surface area contributed by atoms with Gasteiger partial charge >= 0.3 is 12.0 Å². The van der Waals surface area contributed by atoms with E-state index in [-0.39, 0.29) is 5.69 Å². The Hall–Kier alpha value is -1.49. The first-order valence-corrected chi connectivity index (χ1v) is 4.31. The first-order chi connectivity index (χ1) is 6.80. The van der Waals surface area contributed by atoms with Crippen LogP contribution in [0.15, 0.2) is 30.3 Å². The molecule has 0 aliphatic carbocycles. The maximum absolute atomic E-state index is 13.4. The Morgan fingerprint density at radius 2 is 1.73 bits per heavy atom. The van der Waals surface area contributed by atoms with Crippen molar-refractivity contribution in [2.75, 3.05) is 14.1 Å². The van der Waals surface area contributed by atoms with Gasteiger partial charge in [0.2, 0.25) is 0 Å². The lowest BCUT2D eigenvalue weighted by molar-refractivity contribution is -0.187. The minimum atomic E-state index is -3.85. The van der Waals surface area contributed by atoms with Gasteiger partial charge in [0.15, 0.2) is 0 Å². The largest absolute Gasteiger partial charge is 0.495 e. The molecule has 0 unspecified atom stereocenters. The molecular formula is C10H12F2NO2+. The molecule has 0 aromatic heterocycles. The molecule has 3 nitrogen and oxygen atoms in total. The van der Waals surface area contributed by atoms with Crippen molar-refractivity contribution in [3.8, 4) is 0 Å². The van der Waals surface area contributed by atoms with E-state index in [9.17, 15) is 13.6 Å². The Kier molecular flexibility index (Phi) is 2.77. The summed E-state index contributed by atoms with van der Waals surface area (Å²) in [5.74, 6) is -2.13. The molecule has 0 spiro atoms. The van der Waals surface area contributed by atoms with Crippen LogP contribution in [0.5, 0.6) is 0 Å². The Bertz CT molecular complexity index is 363. The van der Waals surface area contributed by atoms with Crippen LogP contribution in [0.25, 0.3) is 0 Å². The van der Waals surface area contributed by atoms with E-state index in [0.717, 1.165) is 14.1 Å². The van der Waals surface area contributed by atoms with E-state index in [4.69, 9.17) is 5.11 Å². The second kappa shape index (κ2) is 3.58. The van der Waals surface area contributed by atoms with Gasteiger partial charge in [-0.1, -0.05) is 18.2 Å². The fraction of sp³-hybridized carbons (Fsp3) is 0.300. The molecule has 0 aliphatic heterocycles. The highest BCUT2D eigenvalue weighted by molar-refractivity contribution is 5.77. The van der Waals surface area contributed by atoms with Crippen molar-refractivity contribution in [1.29, 1.82) is 0 Å². The van der Waals surface area contributed by atoms with Gasteiger partial charge in [-0.3, -0.25) is 0 Å². The van der Waals surface area contributed by atoms with E-state index in [2.05, 4.69) is 0 Å². The number of hydrogen-bond donors (Lipinski definition) is 1. The lowest BCUT2D eigenvalue weighted by Crippen LogP contribution is -2.59. The fourth-order valence-electron chi connectivity index (χ4n) is 1.20. The number of halogens is 2. The predicted molar refractivity (Wildman–Crippen MR) is 52.7 cm³/mol. The van der Waals surface area contributed by atoms with E-state index in [1.54, 1.807) is 18.2 Å². The summed E-state index contributed by atoms with van der Waals surface area (Å²) in [4.78, 5) is 10.5. The number of carbonyl (C=O) groups is 1. The third-order valence-corrected chi connectivity index (χ3v) is 2.36. The van der Waals surface area contributed by atoms with E-state index < -0.39 is 16.5 Å². The number of carboxylic acids is 1. The van der Waals surface area contributed by atoms with Crippen molar-refractivity contribution in [3.63, 3.8) is 0 Å². The minimum Gasteiger partial charge on any atom is -0.472 e. The van der Waals surface area contributed by atoms with Gasteiger partial charge in [0.1, 0.15) is 5.69 Å². The Balaban J connectivity index is 3.19. The van der Waals surface area contributed by atoms with Crippen LogP contribution in [-0.4, -0.2) is 31.2 Å². The van der Waals surface area contributed by atoms with Crippen LogP contribution in [0, 0.1) is 0 Å². The SMILES string of the molecule is C[N+](C)(c1ccccc1)C(F)(F)C(=O)O. The van der Waals surface area contributed by atoms with E-state index in [1.807, 2.05) is 0 Å². The van der Waals surface area contributed by atoms with Gasteiger partial charge in [0.25, 0.3) is 0 Å². The van der Waals surface area contributed by atoms with Gasteiger partial charge in [0, 0.05) is 0 Å². The molecule has 0 saturated heterocycles. The Labute approximate surface area is 86.1 Å². The normalized spacial score (nSPS) is 12.5. The number of aliphatic carboxylic acids is 1. The van der Waals surface area contributed by atoms with Crippen molar-refractivity contribution >= 4 is 11.7 Å². The van der Waals surface area contributed by atoms with Crippen molar-refractivity contribution in [3.05, 3.63) is 30.3 Å². The lowest BCUT2D eigenvalue weighted by Gasteiger charge is -2.33. The number of carboxylic acid groups (broad SMARTS) is 1. The van der Waals surface area contributed by atoms with Gasteiger partial charge in [-0.2, -0.15) is 0 Å². The fourth-order valence-corrected chi connectivity index (χ4v) is 1.20. The molecule has 0 saturated carbocycles. The van der Waals surface area contributed by atoms with Crippen LogP contribution in [0.2, 0.25) is 0 Å². The standard InChI is InChI=1S/C10H11F2NO2/c1-13(2,10(11,12)9(14)15)8-6-4-3-5-7-8/h3-7H,1-2H3/p+1. The number of para-hydroxylation sites is 1. The zero-order chi connectivity index (χ0) is 11.7. The minimum absolute atomic E-state index is 0.241. The van der Waals surface area contributed by atoms with Crippen LogP contribution in [0.4, 0.5) is 14.5 Å². The molecule has 0 atom stereocenters. The topological polar surface area (TPSA) is 37.3 Å². The van der Waals surface area contributed by atoms with Gasteiger partial charge < -0.3 is 5.11 Å². The van der Waals surface area contributed by atoms with Crippen LogP contribution in [-0.2, 0) is 4.79 Å². The molecule has 0 bridgehead atoms. The molecule has 0 amide bonds. The third kappa shape index (κ3) is 1.83. The maximum Gasteiger partial charge on any atom is 0.495 e. The van der Waals surface area contributed by atoms with Gasteiger partial charge in [-0.05, 0) is 12.1 Å². The number of benzene rings is 1. The highest BCUT2D eigenvalue weighted by Gasteiger charge is 2.56. The number of rotatable bonds is 3. The Morgan fingerprint density at radius 1 is 1.27 bits per heavy atom. The zero-order valence-electron chi connectivity index (χ0n) is 8.45. The molecule has 0 heterocycles. The molecule has 0 fully saturated rings. The lowest BCUT2D eigenvalue weighted by atomic mass is 10.2. The third-order valence-electron chi connectivity index (χ3n) is 2.36. The predicted octanol–water partition coefficient (Wildman–Crippen LogP) is 1.93. The van der Waals surface area contributed by atoms with E-state index in [0.29, 0.717) is 0 Å². The molecule has 1 aromatic carbocycles. The summed E-state index contributed by atoms with van der Waals surface area (Å²) in [5, 5.41) is 8.47. The molecule has 5 heteroatoms. The molecule has 1 aromatic rings. The van der Waals surface area contributed by atoms with Crippen molar-refractivity contribution < 1.29 is 18.7 Å². The summed E-state index contributed by atoms with van der Waals surface area (Å²) >= 11 is 0. The van der Waals surface area contributed by atoms with Crippen LogP contribution in [0.3, 0.4) is 0 Å². The number of likely N-dealkylation sites (N-methyl/N-ethyl adjacent to an activating group) is 1. The summed E-state index contributed by atoms with van der Waals surface area (Å²) in [6.45, 7) is 0. The van der Waals surface area contributed by atoms with Crippen LogP contribution >= 0.6 is 0 Å². The van der Waals surface area contributed by atoms with Crippen LogP contribution < -0.4 is 4.48 Å². The maximum atomic E-state index is 13.4. The molecule has 15 heavy (non-hydrogen) atoms. The second-order valence-electron chi connectivity index (χ2n) is 3.64.